The number of ether oxygens (including phenoxy) is 1. The monoisotopic (exact) mass is 222 g/mol. The van der Waals surface area contributed by atoms with Crippen LogP contribution in [0.1, 0.15) is 0 Å². The second-order valence-electron chi connectivity index (χ2n) is 3.06. The van der Waals surface area contributed by atoms with Crippen molar-refractivity contribution in [3.05, 3.63) is 34.4 Å². The quantitative estimate of drug-likeness (QED) is 0.551. The number of nitrogens with zero attached hydrogens (tertiary/aromatic N) is 2. The zero-order valence-corrected chi connectivity index (χ0v) is 7.95. The van der Waals surface area contributed by atoms with E-state index in [1.807, 2.05) is 0 Å². The molecule has 0 atom stereocenters. The Bertz CT molecular complexity index is 451. The van der Waals surface area contributed by atoms with Crippen molar-refractivity contribution in [3.8, 4) is 0 Å². The SMILES string of the molecule is O=C1COC(=O)N1c1ccc([N+](=O)[O-])cc1. The maximum atomic E-state index is 11.3. The van der Waals surface area contributed by atoms with Crippen LogP contribution < -0.4 is 4.90 Å². The Hall–Kier alpha value is -2.44. The van der Waals surface area contributed by atoms with Crippen LogP contribution in [0.2, 0.25) is 0 Å². The van der Waals surface area contributed by atoms with Crippen LogP contribution >= 0.6 is 0 Å². The lowest BCUT2D eigenvalue weighted by Crippen LogP contribution is -2.28. The Balaban J connectivity index is 2.31. The number of carbonyl (C=O) groups is 2. The van der Waals surface area contributed by atoms with Gasteiger partial charge in [-0.1, -0.05) is 0 Å². The number of amides is 2. The van der Waals surface area contributed by atoms with Crippen molar-refractivity contribution in [2.24, 2.45) is 0 Å². The molecule has 1 aliphatic heterocycles. The zero-order valence-electron chi connectivity index (χ0n) is 7.95. The van der Waals surface area contributed by atoms with Crippen molar-refractivity contribution >= 4 is 23.4 Å². The van der Waals surface area contributed by atoms with Crippen LogP contribution in [0.25, 0.3) is 0 Å². The van der Waals surface area contributed by atoms with Gasteiger partial charge in [-0.15, -0.1) is 0 Å². The summed E-state index contributed by atoms with van der Waals surface area (Å²) in [6.45, 7) is -0.296. The minimum atomic E-state index is -0.765. The number of nitro groups is 1. The van der Waals surface area contributed by atoms with Crippen molar-refractivity contribution in [3.63, 3.8) is 0 Å². The molecule has 16 heavy (non-hydrogen) atoms. The van der Waals surface area contributed by atoms with Crippen LogP contribution in [-0.2, 0) is 9.53 Å². The number of non-ortho nitro benzene ring substituents is 1. The van der Waals surface area contributed by atoms with Gasteiger partial charge in [0.25, 0.3) is 11.6 Å². The molecule has 0 aromatic heterocycles. The lowest BCUT2D eigenvalue weighted by Gasteiger charge is -2.09. The van der Waals surface area contributed by atoms with Crippen molar-refractivity contribution in [1.82, 2.24) is 0 Å². The van der Waals surface area contributed by atoms with E-state index in [4.69, 9.17) is 0 Å². The van der Waals surface area contributed by atoms with Gasteiger partial charge in [0.2, 0.25) is 0 Å². The molecule has 1 saturated heterocycles. The summed E-state index contributed by atoms with van der Waals surface area (Å²) in [5, 5.41) is 10.4. The van der Waals surface area contributed by atoms with Gasteiger partial charge in [0.05, 0.1) is 10.6 Å². The number of cyclic esters (lactones) is 1. The van der Waals surface area contributed by atoms with Gasteiger partial charge in [-0.25, -0.2) is 9.69 Å². The highest BCUT2D eigenvalue weighted by atomic mass is 16.6. The first-order chi connectivity index (χ1) is 7.59. The molecular weight excluding hydrogens is 216 g/mol. The summed E-state index contributed by atoms with van der Waals surface area (Å²) >= 11 is 0. The second kappa shape index (κ2) is 3.61. The zero-order chi connectivity index (χ0) is 11.7. The highest BCUT2D eigenvalue weighted by Gasteiger charge is 2.32. The van der Waals surface area contributed by atoms with Gasteiger partial charge in [0, 0.05) is 12.1 Å². The maximum absolute atomic E-state index is 11.3. The molecule has 0 N–H and O–H groups in total. The highest BCUT2D eigenvalue weighted by Crippen LogP contribution is 2.22. The van der Waals surface area contributed by atoms with E-state index in [0.717, 1.165) is 4.90 Å². The third kappa shape index (κ3) is 1.58. The number of anilines is 1. The first kappa shape index (κ1) is 10.1. The minimum Gasteiger partial charge on any atom is -0.439 e. The van der Waals surface area contributed by atoms with Gasteiger partial charge in [0.1, 0.15) is 0 Å². The third-order valence-corrected chi connectivity index (χ3v) is 2.07. The average molecular weight is 222 g/mol. The van der Waals surface area contributed by atoms with E-state index in [9.17, 15) is 19.7 Å². The number of rotatable bonds is 2. The van der Waals surface area contributed by atoms with Crippen molar-refractivity contribution in [2.45, 2.75) is 0 Å². The van der Waals surface area contributed by atoms with E-state index in [2.05, 4.69) is 4.74 Å². The molecule has 2 amide bonds. The molecule has 1 heterocycles. The van der Waals surface area contributed by atoms with E-state index in [0.29, 0.717) is 0 Å². The normalized spacial score (nSPS) is 15.1. The number of benzene rings is 1. The fourth-order valence-electron chi connectivity index (χ4n) is 1.33. The van der Waals surface area contributed by atoms with E-state index in [1.54, 1.807) is 0 Å². The molecule has 7 nitrogen and oxygen atoms in total. The lowest BCUT2D eigenvalue weighted by atomic mass is 10.2. The van der Waals surface area contributed by atoms with Crippen LogP contribution in [0.4, 0.5) is 16.2 Å². The number of imide groups is 1. The minimum absolute atomic E-state index is 0.108. The molecule has 0 bridgehead atoms. The van der Waals surface area contributed by atoms with Crippen LogP contribution in [0.15, 0.2) is 24.3 Å². The van der Waals surface area contributed by atoms with Crippen molar-refractivity contribution < 1.29 is 19.2 Å². The number of hydrogen-bond donors (Lipinski definition) is 0. The van der Waals surface area contributed by atoms with Crippen LogP contribution in [0.3, 0.4) is 0 Å². The van der Waals surface area contributed by atoms with Crippen molar-refractivity contribution in [2.75, 3.05) is 11.5 Å². The Morgan fingerprint density at radius 2 is 1.88 bits per heavy atom. The summed E-state index contributed by atoms with van der Waals surface area (Å²) in [4.78, 5) is 33.1. The summed E-state index contributed by atoms with van der Waals surface area (Å²) < 4.78 is 4.51. The Labute approximate surface area is 89.4 Å². The smallest absolute Gasteiger partial charge is 0.421 e. The Morgan fingerprint density at radius 3 is 2.31 bits per heavy atom. The van der Waals surface area contributed by atoms with Gasteiger partial charge in [-0.05, 0) is 12.1 Å². The molecule has 1 fully saturated rings. The summed E-state index contributed by atoms with van der Waals surface area (Å²) in [6.07, 6.45) is -0.765. The molecule has 0 aliphatic carbocycles. The van der Waals surface area contributed by atoms with E-state index >= 15 is 0 Å². The third-order valence-electron chi connectivity index (χ3n) is 2.07. The lowest BCUT2D eigenvalue weighted by molar-refractivity contribution is -0.384. The topological polar surface area (TPSA) is 89.8 Å². The number of hydrogen-bond acceptors (Lipinski definition) is 5. The molecule has 0 spiro atoms. The van der Waals surface area contributed by atoms with Crippen LogP contribution in [0, 0.1) is 10.1 Å². The van der Waals surface area contributed by atoms with E-state index in [1.165, 1.54) is 24.3 Å². The first-order valence-electron chi connectivity index (χ1n) is 4.34. The molecule has 0 unspecified atom stereocenters. The summed E-state index contributed by atoms with van der Waals surface area (Å²) in [6, 6.07) is 5.08. The molecule has 0 radical (unpaired) electrons. The maximum Gasteiger partial charge on any atom is 0.421 e. The summed E-state index contributed by atoms with van der Waals surface area (Å²) in [7, 11) is 0. The van der Waals surface area contributed by atoms with Gasteiger partial charge in [-0.2, -0.15) is 0 Å². The predicted octanol–water partition coefficient (Wildman–Crippen LogP) is 1.08. The fraction of sp³-hybridized carbons (Fsp3) is 0.111. The Morgan fingerprint density at radius 1 is 1.25 bits per heavy atom. The summed E-state index contributed by atoms with van der Waals surface area (Å²) in [5.41, 5.74) is 0.155. The largest absolute Gasteiger partial charge is 0.439 e. The summed E-state index contributed by atoms with van der Waals surface area (Å²) in [5.74, 6) is -0.487. The van der Waals surface area contributed by atoms with Gasteiger partial charge >= 0.3 is 6.09 Å². The predicted molar refractivity (Wildman–Crippen MR) is 51.9 cm³/mol. The molecule has 82 valence electrons. The van der Waals surface area contributed by atoms with E-state index < -0.39 is 16.9 Å². The fourth-order valence-corrected chi connectivity index (χ4v) is 1.33. The number of carbonyl (C=O) groups excluding carboxylic acids is 2. The molecular formula is C9H6N2O5. The molecule has 7 heteroatoms. The van der Waals surface area contributed by atoms with Gasteiger partial charge < -0.3 is 4.74 Å². The van der Waals surface area contributed by atoms with Gasteiger partial charge in [-0.3, -0.25) is 14.9 Å². The average Bonchev–Trinajstić information content (AvgIpc) is 2.59. The van der Waals surface area contributed by atoms with Crippen LogP contribution in [-0.4, -0.2) is 23.5 Å². The standard InChI is InChI=1S/C9H6N2O5/c12-8-5-16-9(13)10(8)6-1-3-7(4-2-6)11(14)15/h1-4H,5H2. The van der Waals surface area contributed by atoms with Gasteiger partial charge in [0.15, 0.2) is 6.61 Å². The van der Waals surface area contributed by atoms with Crippen molar-refractivity contribution in [1.29, 1.82) is 0 Å². The Kier molecular flexibility index (Phi) is 2.28. The molecule has 2 rings (SSSR count). The molecule has 0 saturated carbocycles. The second-order valence-corrected chi connectivity index (χ2v) is 3.06. The highest BCUT2D eigenvalue weighted by molar-refractivity contribution is 6.16. The molecule has 1 aromatic rings. The number of nitro benzene ring substituents is 1. The van der Waals surface area contributed by atoms with Crippen LogP contribution in [0.5, 0.6) is 0 Å². The molecule has 1 aliphatic rings. The molecule has 1 aromatic carbocycles. The first-order valence-corrected chi connectivity index (χ1v) is 4.34. The van der Waals surface area contributed by atoms with E-state index in [-0.39, 0.29) is 18.0 Å².